The fourth-order valence-corrected chi connectivity index (χ4v) is 3.03. The number of hydrogen-bond acceptors (Lipinski definition) is 6. The van der Waals surface area contributed by atoms with Gasteiger partial charge in [0.1, 0.15) is 5.82 Å². The number of nitrogen functional groups attached to an aromatic ring is 1. The van der Waals surface area contributed by atoms with Crippen LogP contribution in [0.3, 0.4) is 0 Å². The Balaban J connectivity index is 1.55. The molecule has 106 valence electrons. The van der Waals surface area contributed by atoms with Gasteiger partial charge in [0.2, 0.25) is 0 Å². The minimum absolute atomic E-state index is 0.714. The number of nitrogens with zero attached hydrogens (tertiary/aromatic N) is 4. The third-order valence-corrected chi connectivity index (χ3v) is 4.34. The number of hydrogen-bond donors (Lipinski definition) is 1. The summed E-state index contributed by atoms with van der Waals surface area (Å²) in [5.74, 6) is 1.02. The van der Waals surface area contributed by atoms with Gasteiger partial charge in [0.25, 0.3) is 0 Å². The molecular weight excluding hydrogens is 270 g/mol. The lowest BCUT2D eigenvalue weighted by Gasteiger charge is -2.35. The van der Waals surface area contributed by atoms with Crippen LogP contribution < -0.4 is 10.6 Å². The number of nitrogens with two attached hydrogens (primary N) is 1. The Morgan fingerprint density at radius 3 is 2.65 bits per heavy atom. The highest BCUT2D eigenvalue weighted by Crippen LogP contribution is 2.16. The van der Waals surface area contributed by atoms with Crippen molar-refractivity contribution in [3.8, 4) is 0 Å². The van der Waals surface area contributed by atoms with E-state index >= 15 is 0 Å². The van der Waals surface area contributed by atoms with E-state index in [4.69, 9.17) is 5.73 Å². The molecule has 2 aromatic rings. The van der Waals surface area contributed by atoms with E-state index in [1.165, 1.54) is 5.69 Å². The second kappa shape index (κ2) is 5.76. The molecular formula is C14H19N5S. The highest BCUT2D eigenvalue weighted by atomic mass is 32.1. The molecule has 2 N–H and O–H groups in total. The van der Waals surface area contributed by atoms with Gasteiger partial charge in [-0.3, -0.25) is 4.90 Å². The molecule has 1 aliphatic rings. The lowest BCUT2D eigenvalue weighted by molar-refractivity contribution is 0.247. The highest BCUT2D eigenvalue weighted by Gasteiger charge is 2.18. The maximum Gasteiger partial charge on any atom is 0.128 e. The lowest BCUT2D eigenvalue weighted by atomic mass is 10.3. The maximum atomic E-state index is 5.67. The summed E-state index contributed by atoms with van der Waals surface area (Å²) in [6.07, 6.45) is 1.72. The molecule has 1 saturated heterocycles. The molecule has 0 unspecified atom stereocenters. The number of pyridine rings is 1. The van der Waals surface area contributed by atoms with Crippen molar-refractivity contribution in [2.75, 3.05) is 36.8 Å². The van der Waals surface area contributed by atoms with Crippen LogP contribution in [0.5, 0.6) is 0 Å². The standard InChI is InChI=1S/C14H19N5S/c1-11-17-13(10-20-11)9-18-4-6-19(7-5-18)14-3-2-12(15)8-16-14/h2-3,8,10H,4-7,9,15H2,1H3. The van der Waals surface area contributed by atoms with Crippen molar-refractivity contribution in [2.45, 2.75) is 13.5 Å². The molecule has 20 heavy (non-hydrogen) atoms. The second-order valence-electron chi connectivity index (χ2n) is 5.07. The molecule has 0 aromatic carbocycles. The predicted molar refractivity (Wildman–Crippen MR) is 83.0 cm³/mol. The third kappa shape index (κ3) is 3.08. The predicted octanol–water partition coefficient (Wildman–Crippen LogP) is 1.75. The minimum Gasteiger partial charge on any atom is -0.397 e. The van der Waals surface area contributed by atoms with Crippen LogP contribution in [0.1, 0.15) is 10.7 Å². The zero-order valence-electron chi connectivity index (χ0n) is 11.6. The Morgan fingerprint density at radius 1 is 1.25 bits per heavy atom. The fourth-order valence-electron chi connectivity index (χ4n) is 2.43. The maximum absolute atomic E-state index is 5.67. The SMILES string of the molecule is Cc1nc(CN2CCN(c3ccc(N)cn3)CC2)cs1. The third-order valence-electron chi connectivity index (χ3n) is 3.52. The molecule has 2 aromatic heterocycles. The Labute approximate surface area is 123 Å². The number of aromatic nitrogens is 2. The van der Waals surface area contributed by atoms with Crippen LogP contribution in [-0.4, -0.2) is 41.0 Å². The number of rotatable bonds is 3. The summed E-state index contributed by atoms with van der Waals surface area (Å²) in [6, 6.07) is 3.90. The summed E-state index contributed by atoms with van der Waals surface area (Å²) < 4.78 is 0. The summed E-state index contributed by atoms with van der Waals surface area (Å²) in [5.41, 5.74) is 7.57. The van der Waals surface area contributed by atoms with E-state index in [0.29, 0.717) is 5.69 Å². The fraction of sp³-hybridized carbons (Fsp3) is 0.429. The number of thiazole rings is 1. The van der Waals surface area contributed by atoms with Crippen LogP contribution in [-0.2, 0) is 6.54 Å². The molecule has 0 atom stereocenters. The molecule has 0 amide bonds. The largest absolute Gasteiger partial charge is 0.397 e. The van der Waals surface area contributed by atoms with Crippen LogP contribution in [0, 0.1) is 6.92 Å². The van der Waals surface area contributed by atoms with Gasteiger partial charge in [-0.15, -0.1) is 11.3 Å². The van der Waals surface area contributed by atoms with Gasteiger partial charge in [0.05, 0.1) is 22.6 Å². The average Bonchev–Trinajstić information content (AvgIpc) is 2.86. The van der Waals surface area contributed by atoms with Gasteiger partial charge in [-0.2, -0.15) is 0 Å². The molecule has 0 saturated carbocycles. The smallest absolute Gasteiger partial charge is 0.128 e. The topological polar surface area (TPSA) is 58.3 Å². The van der Waals surface area contributed by atoms with E-state index in [1.807, 2.05) is 12.1 Å². The Kier molecular flexibility index (Phi) is 3.84. The van der Waals surface area contributed by atoms with E-state index in [2.05, 4.69) is 32.1 Å². The number of piperazine rings is 1. The zero-order valence-corrected chi connectivity index (χ0v) is 12.4. The first-order valence-electron chi connectivity index (χ1n) is 6.80. The molecule has 0 spiro atoms. The first kappa shape index (κ1) is 13.3. The molecule has 0 radical (unpaired) electrons. The summed E-state index contributed by atoms with van der Waals surface area (Å²) in [5, 5.41) is 3.30. The summed E-state index contributed by atoms with van der Waals surface area (Å²) in [7, 11) is 0. The molecule has 0 aliphatic carbocycles. The van der Waals surface area contributed by atoms with Crippen LogP contribution in [0.2, 0.25) is 0 Å². The van der Waals surface area contributed by atoms with Crippen molar-refractivity contribution in [2.24, 2.45) is 0 Å². The van der Waals surface area contributed by atoms with Crippen LogP contribution >= 0.6 is 11.3 Å². The first-order chi connectivity index (χ1) is 9.70. The molecule has 3 rings (SSSR count). The van der Waals surface area contributed by atoms with Crippen molar-refractivity contribution < 1.29 is 0 Å². The Hall–Kier alpha value is -1.66. The van der Waals surface area contributed by atoms with Gasteiger partial charge in [-0.25, -0.2) is 9.97 Å². The molecule has 3 heterocycles. The van der Waals surface area contributed by atoms with E-state index < -0.39 is 0 Å². The Bertz CT molecular complexity index is 557. The van der Waals surface area contributed by atoms with Crippen molar-refractivity contribution in [1.82, 2.24) is 14.9 Å². The summed E-state index contributed by atoms with van der Waals surface area (Å²) in [4.78, 5) is 13.7. The zero-order chi connectivity index (χ0) is 13.9. The van der Waals surface area contributed by atoms with E-state index in [0.717, 1.165) is 43.5 Å². The number of aryl methyl sites for hydroxylation is 1. The van der Waals surface area contributed by atoms with Crippen LogP contribution in [0.25, 0.3) is 0 Å². The van der Waals surface area contributed by atoms with Gasteiger partial charge in [0.15, 0.2) is 0 Å². The van der Waals surface area contributed by atoms with Crippen LogP contribution in [0.4, 0.5) is 11.5 Å². The van der Waals surface area contributed by atoms with Crippen molar-refractivity contribution in [3.63, 3.8) is 0 Å². The summed E-state index contributed by atoms with van der Waals surface area (Å²) >= 11 is 1.72. The monoisotopic (exact) mass is 289 g/mol. The highest BCUT2D eigenvalue weighted by molar-refractivity contribution is 7.09. The van der Waals surface area contributed by atoms with E-state index in [9.17, 15) is 0 Å². The molecule has 1 aliphatic heterocycles. The van der Waals surface area contributed by atoms with E-state index in [1.54, 1.807) is 17.5 Å². The van der Waals surface area contributed by atoms with Crippen LogP contribution in [0.15, 0.2) is 23.7 Å². The molecule has 0 bridgehead atoms. The molecule has 1 fully saturated rings. The van der Waals surface area contributed by atoms with Gasteiger partial charge < -0.3 is 10.6 Å². The Morgan fingerprint density at radius 2 is 2.05 bits per heavy atom. The van der Waals surface area contributed by atoms with Crippen molar-refractivity contribution in [1.29, 1.82) is 0 Å². The van der Waals surface area contributed by atoms with Gasteiger partial charge in [-0.1, -0.05) is 0 Å². The first-order valence-corrected chi connectivity index (χ1v) is 7.68. The van der Waals surface area contributed by atoms with Gasteiger partial charge >= 0.3 is 0 Å². The quantitative estimate of drug-likeness (QED) is 0.933. The van der Waals surface area contributed by atoms with Crippen molar-refractivity contribution >= 4 is 22.8 Å². The van der Waals surface area contributed by atoms with E-state index in [-0.39, 0.29) is 0 Å². The normalized spacial score (nSPS) is 16.6. The van der Waals surface area contributed by atoms with Gasteiger partial charge in [-0.05, 0) is 19.1 Å². The van der Waals surface area contributed by atoms with Crippen molar-refractivity contribution in [3.05, 3.63) is 34.4 Å². The molecule has 6 heteroatoms. The second-order valence-corrected chi connectivity index (χ2v) is 6.13. The minimum atomic E-state index is 0.714. The van der Waals surface area contributed by atoms with Gasteiger partial charge in [0, 0.05) is 38.1 Å². The summed E-state index contributed by atoms with van der Waals surface area (Å²) in [6.45, 7) is 7.09. The lowest BCUT2D eigenvalue weighted by Crippen LogP contribution is -2.46. The number of anilines is 2. The average molecular weight is 289 g/mol. The molecule has 5 nitrogen and oxygen atoms in total.